The monoisotopic (exact) mass is 334 g/mol. The molecule has 1 amide bonds. The molecule has 0 N–H and O–H groups in total. The van der Waals surface area contributed by atoms with Gasteiger partial charge >= 0.3 is 0 Å². The van der Waals surface area contributed by atoms with E-state index in [-0.39, 0.29) is 11.7 Å². The summed E-state index contributed by atoms with van der Waals surface area (Å²) in [6.45, 7) is 1.83. The highest BCUT2D eigenvalue weighted by atomic mass is 32.2. The Kier molecular flexibility index (Phi) is 4.04. The van der Waals surface area contributed by atoms with Gasteiger partial charge in [0.2, 0.25) is 5.13 Å². The lowest BCUT2D eigenvalue weighted by atomic mass is 10.2. The van der Waals surface area contributed by atoms with E-state index in [2.05, 4.69) is 15.2 Å². The fourth-order valence-electron chi connectivity index (χ4n) is 1.80. The molecule has 2 aromatic rings. The maximum absolute atomic E-state index is 13.7. The van der Waals surface area contributed by atoms with Gasteiger partial charge in [0, 0.05) is 12.6 Å². The van der Waals surface area contributed by atoms with Crippen LogP contribution in [0.3, 0.4) is 0 Å². The van der Waals surface area contributed by atoms with Crippen molar-refractivity contribution >= 4 is 45.4 Å². The SMILES string of the molecule is Cc1nnc(/N=C2/S/C(=C\c3ccccc3F)C(=O)N2C)s1. The van der Waals surface area contributed by atoms with Crippen molar-refractivity contribution in [3.8, 4) is 0 Å². The fraction of sp³-hybridized carbons (Fsp3) is 0.143. The van der Waals surface area contributed by atoms with Gasteiger partial charge in [-0.2, -0.15) is 4.99 Å². The Labute approximate surface area is 134 Å². The van der Waals surface area contributed by atoms with E-state index in [0.717, 1.165) is 5.01 Å². The van der Waals surface area contributed by atoms with E-state index in [9.17, 15) is 9.18 Å². The van der Waals surface area contributed by atoms with Crippen LogP contribution in [-0.4, -0.2) is 33.2 Å². The third-order valence-corrected chi connectivity index (χ3v) is 4.69. The van der Waals surface area contributed by atoms with Crippen molar-refractivity contribution < 1.29 is 9.18 Å². The summed E-state index contributed by atoms with van der Waals surface area (Å²) in [5.41, 5.74) is 0.375. The number of amidine groups is 1. The van der Waals surface area contributed by atoms with Crippen LogP contribution in [0.5, 0.6) is 0 Å². The van der Waals surface area contributed by atoms with Gasteiger partial charge in [0.25, 0.3) is 5.91 Å². The predicted octanol–water partition coefficient (Wildman–Crippen LogP) is 3.22. The van der Waals surface area contributed by atoms with Crippen LogP contribution in [0.4, 0.5) is 9.52 Å². The number of aryl methyl sites for hydroxylation is 1. The topological polar surface area (TPSA) is 58.5 Å². The molecule has 2 heterocycles. The first kappa shape index (κ1) is 14.9. The van der Waals surface area contributed by atoms with Gasteiger partial charge in [-0.25, -0.2) is 4.39 Å². The van der Waals surface area contributed by atoms with Gasteiger partial charge < -0.3 is 0 Å². The van der Waals surface area contributed by atoms with Crippen molar-refractivity contribution in [1.29, 1.82) is 0 Å². The maximum atomic E-state index is 13.7. The summed E-state index contributed by atoms with van der Waals surface area (Å²) in [7, 11) is 1.63. The Morgan fingerprint density at radius 2 is 2.09 bits per heavy atom. The van der Waals surface area contributed by atoms with E-state index in [1.165, 1.54) is 40.1 Å². The number of amides is 1. The number of benzene rings is 1. The number of carbonyl (C=O) groups excluding carboxylic acids is 1. The zero-order valence-electron chi connectivity index (χ0n) is 11.8. The molecule has 3 rings (SSSR count). The molecule has 8 heteroatoms. The van der Waals surface area contributed by atoms with Crippen LogP contribution in [0.1, 0.15) is 10.6 Å². The second-order valence-corrected chi connectivity index (χ2v) is 6.66. The molecule has 0 radical (unpaired) electrons. The first-order chi connectivity index (χ1) is 10.5. The quantitative estimate of drug-likeness (QED) is 0.791. The summed E-state index contributed by atoms with van der Waals surface area (Å²) in [4.78, 5) is 18.4. The number of likely N-dealkylation sites (N-methyl/N-ethyl adjacent to an activating group) is 1. The van der Waals surface area contributed by atoms with E-state index in [1.54, 1.807) is 25.2 Å². The largest absolute Gasteiger partial charge is 0.289 e. The van der Waals surface area contributed by atoms with Gasteiger partial charge in [-0.3, -0.25) is 9.69 Å². The van der Waals surface area contributed by atoms with Gasteiger partial charge in [0.1, 0.15) is 10.8 Å². The molecule has 0 aliphatic carbocycles. The van der Waals surface area contributed by atoms with Crippen molar-refractivity contribution in [3.05, 3.63) is 45.6 Å². The summed E-state index contributed by atoms with van der Waals surface area (Å²) in [6.07, 6.45) is 1.53. The number of carbonyl (C=O) groups is 1. The maximum Gasteiger partial charge on any atom is 0.266 e. The lowest BCUT2D eigenvalue weighted by Crippen LogP contribution is -2.23. The molecule has 1 aliphatic rings. The van der Waals surface area contributed by atoms with Gasteiger partial charge in [-0.15, -0.1) is 10.2 Å². The van der Waals surface area contributed by atoms with Crippen molar-refractivity contribution in [2.75, 3.05) is 7.05 Å². The molecule has 1 aromatic carbocycles. The normalized spacial score (nSPS) is 18.7. The summed E-state index contributed by atoms with van der Waals surface area (Å²) < 4.78 is 13.7. The Morgan fingerprint density at radius 1 is 1.32 bits per heavy atom. The van der Waals surface area contributed by atoms with Gasteiger partial charge in [-0.1, -0.05) is 29.5 Å². The van der Waals surface area contributed by atoms with E-state index in [0.29, 0.717) is 20.8 Å². The van der Waals surface area contributed by atoms with Gasteiger partial charge in [0.15, 0.2) is 5.17 Å². The number of hydrogen-bond donors (Lipinski definition) is 0. The van der Waals surface area contributed by atoms with Crippen LogP contribution in [0.25, 0.3) is 6.08 Å². The van der Waals surface area contributed by atoms with Crippen molar-refractivity contribution in [1.82, 2.24) is 15.1 Å². The van der Waals surface area contributed by atoms with Gasteiger partial charge in [0.05, 0.1) is 4.91 Å². The second-order valence-electron chi connectivity index (χ2n) is 4.49. The summed E-state index contributed by atoms with van der Waals surface area (Å²) >= 11 is 2.54. The molecule has 1 fully saturated rings. The van der Waals surface area contributed by atoms with E-state index in [4.69, 9.17) is 0 Å². The van der Waals surface area contributed by atoms with Crippen molar-refractivity contribution in [2.24, 2.45) is 4.99 Å². The molecule has 1 saturated heterocycles. The molecule has 0 spiro atoms. The van der Waals surface area contributed by atoms with Gasteiger partial charge in [-0.05, 0) is 30.8 Å². The summed E-state index contributed by atoms with van der Waals surface area (Å²) in [5, 5.41) is 9.60. The van der Waals surface area contributed by atoms with Crippen LogP contribution in [0.2, 0.25) is 0 Å². The molecule has 0 atom stereocenters. The van der Waals surface area contributed by atoms with Crippen LogP contribution < -0.4 is 0 Å². The molecular weight excluding hydrogens is 323 g/mol. The molecule has 0 saturated carbocycles. The zero-order chi connectivity index (χ0) is 15.7. The Hall–Kier alpha value is -2.06. The first-order valence-electron chi connectivity index (χ1n) is 6.35. The highest BCUT2D eigenvalue weighted by Crippen LogP contribution is 2.33. The summed E-state index contributed by atoms with van der Waals surface area (Å²) in [5.74, 6) is -0.579. The molecule has 0 unspecified atom stereocenters. The van der Waals surface area contributed by atoms with Crippen LogP contribution in [-0.2, 0) is 4.79 Å². The molecule has 112 valence electrons. The highest BCUT2D eigenvalue weighted by molar-refractivity contribution is 8.18. The number of halogens is 1. The van der Waals surface area contributed by atoms with E-state index >= 15 is 0 Å². The number of aliphatic imine (C=N–C) groups is 1. The van der Waals surface area contributed by atoms with Crippen molar-refractivity contribution in [3.63, 3.8) is 0 Å². The average molecular weight is 334 g/mol. The minimum Gasteiger partial charge on any atom is -0.289 e. The van der Waals surface area contributed by atoms with E-state index in [1.807, 2.05) is 6.92 Å². The molecule has 22 heavy (non-hydrogen) atoms. The minimum absolute atomic E-state index is 0.215. The minimum atomic E-state index is -0.365. The average Bonchev–Trinajstić information content (AvgIpc) is 3.01. The number of thioether (sulfide) groups is 1. The third kappa shape index (κ3) is 2.93. The Balaban J connectivity index is 1.92. The third-order valence-electron chi connectivity index (χ3n) is 2.90. The first-order valence-corrected chi connectivity index (χ1v) is 7.99. The molecule has 1 aromatic heterocycles. The molecule has 5 nitrogen and oxygen atoms in total. The lowest BCUT2D eigenvalue weighted by molar-refractivity contribution is -0.121. The number of rotatable bonds is 2. The standard InChI is InChI=1S/C14H11FN4OS2/c1-8-17-18-13(21-8)16-14-19(2)12(20)11(22-14)7-9-5-3-4-6-10(9)15/h3-7H,1-2H3/b11-7-,16-14+. The van der Waals surface area contributed by atoms with Crippen molar-refractivity contribution in [2.45, 2.75) is 6.92 Å². The molecular formula is C14H11FN4OS2. The molecule has 0 bridgehead atoms. The highest BCUT2D eigenvalue weighted by Gasteiger charge is 2.30. The fourth-order valence-corrected chi connectivity index (χ4v) is 3.37. The smallest absolute Gasteiger partial charge is 0.266 e. The van der Waals surface area contributed by atoms with Crippen LogP contribution >= 0.6 is 23.1 Å². The zero-order valence-corrected chi connectivity index (χ0v) is 13.4. The van der Waals surface area contributed by atoms with E-state index < -0.39 is 0 Å². The Morgan fingerprint density at radius 3 is 2.77 bits per heavy atom. The molecule has 1 aliphatic heterocycles. The summed E-state index contributed by atoms with van der Waals surface area (Å²) in [6, 6.07) is 6.32. The Bertz CT molecular complexity index is 800. The second kappa shape index (κ2) is 5.98. The number of aromatic nitrogens is 2. The predicted molar refractivity (Wildman–Crippen MR) is 86.5 cm³/mol. The van der Waals surface area contributed by atoms with Crippen LogP contribution in [0.15, 0.2) is 34.2 Å². The number of hydrogen-bond acceptors (Lipinski definition) is 6. The lowest BCUT2D eigenvalue weighted by Gasteiger charge is -2.05. The van der Waals surface area contributed by atoms with Crippen LogP contribution in [0, 0.1) is 12.7 Å². The number of nitrogens with zero attached hydrogens (tertiary/aromatic N) is 4.